The van der Waals surface area contributed by atoms with Crippen molar-refractivity contribution in [1.82, 2.24) is 14.1 Å². The molecule has 0 radical (unpaired) electrons. The molecule has 0 saturated carbocycles. The molecule has 0 bridgehead atoms. The molecule has 0 fully saturated rings. The van der Waals surface area contributed by atoms with Gasteiger partial charge in [-0.1, -0.05) is 17.7 Å². The van der Waals surface area contributed by atoms with E-state index in [1.54, 1.807) is 6.92 Å². The Kier molecular flexibility index (Phi) is 2.03. The topological polar surface area (TPSA) is 34.0 Å². The lowest BCUT2D eigenvalue weighted by Crippen LogP contribution is -1.90. The quantitative estimate of drug-likeness (QED) is 0.548. The standard InChI is InChI=1S/C12H12ClN3O/c1-3-4-10(8(2)17)14-15-11-6-5-9(13)7-12(11)16(14)15/h3-7,17H,1-2H3/b4-3-,10-8-. The highest BCUT2D eigenvalue weighted by atomic mass is 35.5. The van der Waals surface area contributed by atoms with Gasteiger partial charge in [-0.2, -0.15) is 0 Å². The molecule has 0 spiro atoms. The van der Waals surface area contributed by atoms with Crippen molar-refractivity contribution in [2.45, 2.75) is 13.8 Å². The van der Waals surface area contributed by atoms with Crippen molar-refractivity contribution in [3.63, 3.8) is 0 Å². The summed E-state index contributed by atoms with van der Waals surface area (Å²) in [4.78, 5) is 1.90. The highest BCUT2D eigenvalue weighted by molar-refractivity contribution is 6.31. The Bertz CT molecular complexity index is 737. The number of allylic oxidation sites excluding steroid dienone is 4. The van der Waals surface area contributed by atoms with Crippen LogP contribution in [0, 0.1) is 0 Å². The third kappa shape index (κ3) is 1.31. The first kappa shape index (κ1) is 10.4. The summed E-state index contributed by atoms with van der Waals surface area (Å²) in [5.41, 5.74) is 2.92. The fourth-order valence-corrected chi connectivity index (χ4v) is 2.18. The van der Waals surface area contributed by atoms with Crippen LogP contribution in [0.2, 0.25) is 5.02 Å². The molecule has 3 aromatic rings. The van der Waals surface area contributed by atoms with Gasteiger partial charge < -0.3 is 5.11 Å². The Labute approximate surface area is 103 Å². The molecular formula is C12H12ClN3O. The van der Waals surface area contributed by atoms with Crippen LogP contribution in [0.25, 0.3) is 16.7 Å². The van der Waals surface area contributed by atoms with Crippen LogP contribution < -0.4 is 0 Å². The van der Waals surface area contributed by atoms with Crippen LogP contribution in [0.15, 0.2) is 36.1 Å². The summed E-state index contributed by atoms with van der Waals surface area (Å²) in [5.74, 6) is 0.287. The van der Waals surface area contributed by atoms with E-state index in [1.165, 1.54) is 0 Å². The molecule has 88 valence electrons. The van der Waals surface area contributed by atoms with Gasteiger partial charge in [-0.15, -0.1) is 14.1 Å². The van der Waals surface area contributed by atoms with Crippen molar-refractivity contribution in [2.75, 3.05) is 0 Å². The van der Waals surface area contributed by atoms with Gasteiger partial charge in [-0.05, 0) is 38.1 Å². The number of hydrogen-bond donors (Lipinski definition) is 1. The molecular weight excluding hydrogens is 238 g/mol. The Morgan fingerprint density at radius 2 is 2.00 bits per heavy atom. The van der Waals surface area contributed by atoms with E-state index in [2.05, 4.69) is 0 Å². The third-order valence-electron chi connectivity index (χ3n) is 2.79. The van der Waals surface area contributed by atoms with E-state index < -0.39 is 0 Å². The van der Waals surface area contributed by atoms with Crippen LogP contribution in [0.3, 0.4) is 0 Å². The van der Waals surface area contributed by atoms with E-state index in [1.807, 2.05) is 51.3 Å². The first-order valence-corrected chi connectivity index (χ1v) is 5.75. The maximum absolute atomic E-state index is 9.66. The molecule has 0 saturated heterocycles. The SMILES string of the molecule is C/C=C\C(=C(/C)O)n1n2c3ccc(Cl)cc3n12. The van der Waals surface area contributed by atoms with Crippen LogP contribution in [-0.4, -0.2) is 19.2 Å². The number of benzene rings is 1. The minimum absolute atomic E-state index is 0.287. The monoisotopic (exact) mass is 249 g/mol. The molecule has 0 aliphatic heterocycles. The molecule has 0 atom stereocenters. The molecule has 0 amide bonds. The van der Waals surface area contributed by atoms with Gasteiger partial charge in [-0.3, -0.25) is 0 Å². The number of fused-ring (bicyclic) bond motifs is 4. The molecule has 0 unspecified atom stereocenters. The summed E-state index contributed by atoms with van der Waals surface area (Å²) in [6.07, 6.45) is 3.77. The van der Waals surface area contributed by atoms with Gasteiger partial charge >= 0.3 is 0 Å². The molecule has 2 heterocycles. The lowest BCUT2D eigenvalue weighted by Gasteiger charge is -1.95. The summed E-state index contributed by atoms with van der Waals surface area (Å²) in [6.45, 7) is 3.59. The van der Waals surface area contributed by atoms with Crippen molar-refractivity contribution in [2.24, 2.45) is 0 Å². The summed E-state index contributed by atoms with van der Waals surface area (Å²) in [7, 11) is 0. The second-order valence-electron chi connectivity index (χ2n) is 3.97. The van der Waals surface area contributed by atoms with Crippen molar-refractivity contribution in [1.29, 1.82) is 0 Å². The van der Waals surface area contributed by atoms with Gasteiger partial charge in [0.1, 0.15) is 22.5 Å². The fraction of sp³-hybridized carbons (Fsp3) is 0.167. The van der Waals surface area contributed by atoms with Crippen molar-refractivity contribution >= 4 is 28.3 Å². The van der Waals surface area contributed by atoms with Crippen molar-refractivity contribution < 1.29 is 5.11 Å². The smallest absolute Gasteiger partial charge is 0.122 e. The number of halogens is 1. The summed E-state index contributed by atoms with van der Waals surface area (Å²) in [5, 5.41) is 10.4. The normalized spacial score (nSPS) is 14.5. The van der Waals surface area contributed by atoms with Crippen molar-refractivity contribution in [3.05, 3.63) is 41.1 Å². The molecule has 1 N–H and O–H groups in total. The number of aliphatic hydroxyl groups excluding tert-OH is 1. The highest BCUT2D eigenvalue weighted by Gasteiger charge is 2.25. The van der Waals surface area contributed by atoms with Gasteiger partial charge in [-0.25, -0.2) is 0 Å². The molecule has 0 aliphatic carbocycles. The summed E-state index contributed by atoms with van der Waals surface area (Å²) in [6, 6.07) is 5.74. The first-order chi connectivity index (χ1) is 8.15. The lowest BCUT2D eigenvalue weighted by atomic mass is 10.3. The van der Waals surface area contributed by atoms with Crippen LogP contribution in [0.4, 0.5) is 0 Å². The van der Waals surface area contributed by atoms with E-state index >= 15 is 0 Å². The fourth-order valence-electron chi connectivity index (χ4n) is 2.01. The third-order valence-corrected chi connectivity index (χ3v) is 3.02. The number of aliphatic hydroxyl groups is 1. The van der Waals surface area contributed by atoms with E-state index in [-0.39, 0.29) is 5.76 Å². The Morgan fingerprint density at radius 3 is 2.65 bits per heavy atom. The van der Waals surface area contributed by atoms with Gasteiger partial charge in [0, 0.05) is 5.02 Å². The van der Waals surface area contributed by atoms with Gasteiger partial charge in [0.25, 0.3) is 0 Å². The lowest BCUT2D eigenvalue weighted by molar-refractivity contribution is 0.414. The summed E-state index contributed by atoms with van der Waals surface area (Å²) >= 11 is 5.95. The maximum atomic E-state index is 9.66. The van der Waals surface area contributed by atoms with Crippen molar-refractivity contribution in [3.8, 4) is 0 Å². The second kappa shape index (κ2) is 3.34. The largest absolute Gasteiger partial charge is 0.510 e. The number of rotatable bonds is 2. The minimum atomic E-state index is 0.287. The predicted octanol–water partition coefficient (Wildman–Crippen LogP) is 3.41. The minimum Gasteiger partial charge on any atom is -0.510 e. The number of nitrogens with zero attached hydrogens (tertiary/aromatic N) is 3. The molecule has 5 heteroatoms. The van der Waals surface area contributed by atoms with Crippen LogP contribution in [0.5, 0.6) is 0 Å². The molecule has 2 aromatic heterocycles. The van der Waals surface area contributed by atoms with Crippen LogP contribution in [0.1, 0.15) is 13.8 Å². The average molecular weight is 250 g/mol. The summed E-state index contributed by atoms with van der Waals surface area (Å²) < 4.78 is 3.93. The molecule has 3 rings (SSSR count). The number of hydrogen-bond acceptors (Lipinski definition) is 1. The Balaban J connectivity index is 2.20. The zero-order valence-corrected chi connectivity index (χ0v) is 10.3. The average Bonchev–Trinajstić information content (AvgIpc) is 2.92. The highest BCUT2D eigenvalue weighted by Crippen LogP contribution is 2.29. The Hall–Kier alpha value is -1.81. The molecule has 4 nitrogen and oxygen atoms in total. The molecule has 0 aliphatic rings. The zero-order chi connectivity index (χ0) is 12.2. The van der Waals surface area contributed by atoms with E-state index in [4.69, 9.17) is 11.6 Å². The second-order valence-corrected chi connectivity index (χ2v) is 4.41. The Morgan fingerprint density at radius 1 is 1.29 bits per heavy atom. The van der Waals surface area contributed by atoms with Crippen LogP contribution >= 0.6 is 11.6 Å². The zero-order valence-electron chi connectivity index (χ0n) is 9.55. The van der Waals surface area contributed by atoms with Gasteiger partial charge in [0.15, 0.2) is 0 Å². The van der Waals surface area contributed by atoms with Gasteiger partial charge in [0.2, 0.25) is 0 Å². The maximum Gasteiger partial charge on any atom is 0.122 e. The first-order valence-electron chi connectivity index (χ1n) is 5.37. The number of aromatic nitrogens is 3. The van der Waals surface area contributed by atoms with Gasteiger partial charge in [0.05, 0.1) is 0 Å². The van der Waals surface area contributed by atoms with E-state index in [0.717, 1.165) is 16.7 Å². The molecule has 1 aromatic carbocycles. The van der Waals surface area contributed by atoms with E-state index in [9.17, 15) is 5.11 Å². The molecule has 17 heavy (non-hydrogen) atoms. The van der Waals surface area contributed by atoms with E-state index in [0.29, 0.717) is 5.02 Å². The predicted molar refractivity (Wildman–Crippen MR) is 68.9 cm³/mol. The van der Waals surface area contributed by atoms with Crippen LogP contribution in [-0.2, 0) is 0 Å².